The third kappa shape index (κ3) is 1.82. The molecule has 0 bridgehead atoms. The molecular weight excluding hydrogens is 229 g/mol. The van der Waals surface area contributed by atoms with Crippen LogP contribution in [0.15, 0.2) is 55.0 Å². The molecule has 3 nitrogen and oxygen atoms in total. The fourth-order valence-corrected chi connectivity index (χ4v) is 2.12. The maximum Gasteiger partial charge on any atom is 0.145 e. The van der Waals surface area contributed by atoms with Gasteiger partial charge in [0.1, 0.15) is 5.82 Å². The van der Waals surface area contributed by atoms with Crippen LogP contribution in [0.5, 0.6) is 0 Å². The predicted molar refractivity (Wildman–Crippen MR) is 66.7 cm³/mol. The average molecular weight is 241 g/mol. The van der Waals surface area contributed by atoms with Crippen molar-refractivity contribution in [2.24, 2.45) is 0 Å². The number of halogens is 1. The molecule has 0 saturated carbocycles. The second kappa shape index (κ2) is 4.49. The fourth-order valence-electron chi connectivity index (χ4n) is 2.12. The summed E-state index contributed by atoms with van der Waals surface area (Å²) < 4.78 is 13.9. The van der Waals surface area contributed by atoms with Gasteiger partial charge in [-0.1, -0.05) is 0 Å². The van der Waals surface area contributed by atoms with Gasteiger partial charge >= 0.3 is 0 Å². The lowest BCUT2D eigenvalue weighted by Gasteiger charge is -2.14. The third-order valence-electron chi connectivity index (χ3n) is 2.93. The molecule has 0 aromatic carbocycles. The Kier molecular flexibility index (Phi) is 2.68. The molecule has 0 unspecified atom stereocenters. The van der Waals surface area contributed by atoms with Gasteiger partial charge in [-0.3, -0.25) is 4.98 Å². The minimum atomic E-state index is -0.299. The van der Waals surface area contributed by atoms with Gasteiger partial charge in [-0.25, -0.2) is 4.39 Å². The Morgan fingerprint density at radius 1 is 0.944 bits per heavy atom. The first-order valence-corrected chi connectivity index (χ1v) is 5.73. The van der Waals surface area contributed by atoms with Crippen molar-refractivity contribution in [2.75, 3.05) is 0 Å². The normalized spacial score (nSPS) is 11.0. The summed E-state index contributed by atoms with van der Waals surface area (Å²) in [6.45, 7) is 0. The van der Waals surface area contributed by atoms with E-state index >= 15 is 0 Å². The van der Waals surface area contributed by atoms with Crippen LogP contribution in [-0.2, 0) is 0 Å². The van der Waals surface area contributed by atoms with E-state index in [-0.39, 0.29) is 11.7 Å². The van der Waals surface area contributed by atoms with Crippen molar-refractivity contribution in [2.45, 2.75) is 5.92 Å². The Hall–Kier alpha value is -2.36. The molecule has 3 rings (SSSR count). The Balaban J connectivity index is 2.15. The van der Waals surface area contributed by atoms with Crippen LogP contribution in [0.4, 0.5) is 4.39 Å². The average Bonchev–Trinajstić information content (AvgIpc) is 3.05. The van der Waals surface area contributed by atoms with E-state index in [0.717, 1.165) is 11.4 Å². The largest absolute Gasteiger partial charge is 0.364 e. The topological polar surface area (TPSA) is 44.5 Å². The Morgan fingerprint density at radius 3 is 2.11 bits per heavy atom. The van der Waals surface area contributed by atoms with E-state index in [1.54, 1.807) is 12.3 Å². The van der Waals surface area contributed by atoms with E-state index in [1.165, 1.54) is 6.07 Å². The molecule has 0 aliphatic heterocycles. The number of hydrogen-bond acceptors (Lipinski definition) is 1. The molecule has 2 N–H and O–H groups in total. The SMILES string of the molecule is Fc1cccnc1C(c1ccc[nH]1)c1ccc[nH]1. The van der Waals surface area contributed by atoms with Gasteiger partial charge in [-0.2, -0.15) is 0 Å². The summed E-state index contributed by atoms with van der Waals surface area (Å²) in [5.74, 6) is -0.539. The molecule has 0 atom stereocenters. The van der Waals surface area contributed by atoms with E-state index in [4.69, 9.17) is 0 Å². The highest BCUT2D eigenvalue weighted by Gasteiger charge is 2.22. The molecule has 90 valence electrons. The molecule has 18 heavy (non-hydrogen) atoms. The standard InChI is InChI=1S/C14H12FN3/c15-10-4-1-9-18-14(10)13(11-5-2-7-16-11)12-6-3-8-17-12/h1-9,13,16-17H. The van der Waals surface area contributed by atoms with Crippen LogP contribution in [0.2, 0.25) is 0 Å². The maximum absolute atomic E-state index is 13.9. The van der Waals surface area contributed by atoms with Gasteiger partial charge in [0.05, 0.1) is 11.6 Å². The quantitative estimate of drug-likeness (QED) is 0.727. The monoisotopic (exact) mass is 241 g/mol. The van der Waals surface area contributed by atoms with Crippen LogP contribution in [0.25, 0.3) is 0 Å². The zero-order chi connectivity index (χ0) is 12.4. The second-order valence-corrected chi connectivity index (χ2v) is 4.05. The molecule has 3 aromatic heterocycles. The first-order valence-electron chi connectivity index (χ1n) is 5.73. The van der Waals surface area contributed by atoms with Gasteiger partial charge in [0.25, 0.3) is 0 Å². The van der Waals surface area contributed by atoms with Gasteiger partial charge < -0.3 is 9.97 Å². The molecule has 0 aliphatic rings. The van der Waals surface area contributed by atoms with Crippen molar-refractivity contribution in [1.82, 2.24) is 15.0 Å². The van der Waals surface area contributed by atoms with E-state index in [0.29, 0.717) is 5.69 Å². The summed E-state index contributed by atoms with van der Waals surface area (Å²) >= 11 is 0. The van der Waals surface area contributed by atoms with E-state index in [1.807, 2.05) is 36.7 Å². The van der Waals surface area contributed by atoms with Gasteiger partial charge in [-0.15, -0.1) is 0 Å². The zero-order valence-corrected chi connectivity index (χ0v) is 9.60. The number of aromatic nitrogens is 3. The number of pyridine rings is 1. The van der Waals surface area contributed by atoms with Crippen LogP contribution in [0, 0.1) is 5.82 Å². The fraction of sp³-hybridized carbons (Fsp3) is 0.0714. The molecule has 0 amide bonds. The second-order valence-electron chi connectivity index (χ2n) is 4.05. The summed E-state index contributed by atoms with van der Waals surface area (Å²) in [4.78, 5) is 10.4. The molecule has 3 heterocycles. The minimum Gasteiger partial charge on any atom is -0.364 e. The Morgan fingerprint density at radius 2 is 1.61 bits per heavy atom. The van der Waals surface area contributed by atoms with Gasteiger partial charge in [-0.05, 0) is 36.4 Å². The van der Waals surface area contributed by atoms with Gasteiger partial charge in [0.2, 0.25) is 0 Å². The lowest BCUT2D eigenvalue weighted by Crippen LogP contribution is -2.08. The molecule has 0 fully saturated rings. The maximum atomic E-state index is 13.9. The van der Waals surface area contributed by atoms with Crippen molar-refractivity contribution in [3.05, 3.63) is 77.9 Å². The number of nitrogens with one attached hydrogen (secondary N) is 2. The van der Waals surface area contributed by atoms with E-state index in [2.05, 4.69) is 15.0 Å². The highest BCUT2D eigenvalue weighted by Crippen LogP contribution is 2.29. The first kappa shape index (κ1) is 10.8. The number of nitrogens with zero attached hydrogens (tertiary/aromatic N) is 1. The smallest absolute Gasteiger partial charge is 0.145 e. The van der Waals surface area contributed by atoms with Crippen molar-refractivity contribution >= 4 is 0 Å². The molecule has 0 aliphatic carbocycles. The van der Waals surface area contributed by atoms with Crippen LogP contribution < -0.4 is 0 Å². The minimum absolute atomic E-state index is 0.240. The molecule has 0 saturated heterocycles. The number of H-pyrrole nitrogens is 2. The Labute approximate surface area is 104 Å². The van der Waals surface area contributed by atoms with Crippen molar-refractivity contribution < 1.29 is 4.39 Å². The molecule has 3 aromatic rings. The van der Waals surface area contributed by atoms with Crippen LogP contribution >= 0.6 is 0 Å². The lowest BCUT2D eigenvalue weighted by molar-refractivity contribution is 0.592. The summed E-state index contributed by atoms with van der Waals surface area (Å²) in [6, 6.07) is 10.7. The predicted octanol–water partition coefficient (Wildman–Crippen LogP) is 3.06. The highest BCUT2D eigenvalue weighted by atomic mass is 19.1. The van der Waals surface area contributed by atoms with Gasteiger partial charge in [0.15, 0.2) is 0 Å². The van der Waals surface area contributed by atoms with Crippen LogP contribution in [0.3, 0.4) is 0 Å². The summed E-state index contributed by atoms with van der Waals surface area (Å²) in [6.07, 6.45) is 5.26. The van der Waals surface area contributed by atoms with Gasteiger partial charge in [0, 0.05) is 30.0 Å². The first-order chi connectivity index (χ1) is 8.86. The molecular formula is C14H12FN3. The summed E-state index contributed by atoms with van der Waals surface area (Å²) in [5.41, 5.74) is 2.24. The van der Waals surface area contributed by atoms with E-state index < -0.39 is 0 Å². The van der Waals surface area contributed by atoms with Crippen LogP contribution in [-0.4, -0.2) is 15.0 Å². The van der Waals surface area contributed by atoms with E-state index in [9.17, 15) is 4.39 Å². The molecule has 0 radical (unpaired) electrons. The molecule has 4 heteroatoms. The zero-order valence-electron chi connectivity index (χ0n) is 9.60. The van der Waals surface area contributed by atoms with Crippen molar-refractivity contribution in [3.63, 3.8) is 0 Å². The Bertz CT molecular complexity index is 580. The summed E-state index contributed by atoms with van der Waals surface area (Å²) in [7, 11) is 0. The number of aromatic amines is 2. The number of hydrogen-bond donors (Lipinski definition) is 2. The lowest BCUT2D eigenvalue weighted by atomic mass is 9.97. The number of rotatable bonds is 3. The third-order valence-corrected chi connectivity index (χ3v) is 2.93. The van der Waals surface area contributed by atoms with Crippen LogP contribution in [0.1, 0.15) is 23.0 Å². The highest BCUT2D eigenvalue weighted by molar-refractivity contribution is 5.34. The van der Waals surface area contributed by atoms with Crippen molar-refractivity contribution in [3.8, 4) is 0 Å². The van der Waals surface area contributed by atoms with Crippen molar-refractivity contribution in [1.29, 1.82) is 0 Å². The summed E-state index contributed by atoms with van der Waals surface area (Å²) in [5, 5.41) is 0. The molecule has 0 spiro atoms.